The Hall–Kier alpha value is -2.99. The number of aliphatic imine (C=N–C) groups is 1. The van der Waals surface area contributed by atoms with Crippen molar-refractivity contribution in [2.75, 3.05) is 18.0 Å². The Morgan fingerprint density at radius 3 is 2.26 bits per heavy atom. The second kappa shape index (κ2) is 10.6. The first kappa shape index (κ1) is 28.0. The molecule has 3 unspecified atom stereocenters. The molecule has 0 aromatic heterocycles. The van der Waals surface area contributed by atoms with Crippen LogP contribution in [0.5, 0.6) is 5.75 Å². The lowest BCUT2D eigenvalue weighted by atomic mass is 9.75. The van der Waals surface area contributed by atoms with Crippen LogP contribution in [0.4, 0.5) is 5.69 Å². The molecule has 1 heterocycles. The van der Waals surface area contributed by atoms with Gasteiger partial charge in [0.2, 0.25) is 0 Å². The molecule has 0 fully saturated rings. The van der Waals surface area contributed by atoms with Crippen LogP contribution in [0.1, 0.15) is 51.2 Å². The van der Waals surface area contributed by atoms with E-state index in [1.54, 1.807) is 0 Å². The fraction of sp³-hybridized carbons (Fsp3) is 0.370. The Balaban J connectivity index is 1.96. The van der Waals surface area contributed by atoms with Crippen molar-refractivity contribution in [1.29, 1.82) is 0 Å². The number of rotatable bonds is 8. The third-order valence-electron chi connectivity index (χ3n) is 7.00. The minimum Gasteiger partial charge on any atom is -0.461 e. The highest BCUT2D eigenvalue weighted by molar-refractivity contribution is 7.86. The van der Waals surface area contributed by atoms with Crippen molar-refractivity contribution >= 4 is 31.6 Å². The van der Waals surface area contributed by atoms with Gasteiger partial charge in [-0.3, -0.25) is 14.1 Å². The fourth-order valence-corrected chi connectivity index (χ4v) is 6.23. The summed E-state index contributed by atoms with van der Waals surface area (Å²) in [5, 5.41) is 0. The number of ether oxygens (including phenoxy) is 1. The number of nitrogens with zero attached hydrogens (tertiary/aromatic N) is 2. The molecule has 38 heavy (non-hydrogen) atoms. The summed E-state index contributed by atoms with van der Waals surface area (Å²) in [4.78, 5) is 5.63. The molecular weight excluding hydrogens is 528 g/mol. The first-order valence-corrected chi connectivity index (χ1v) is 15.4. The highest BCUT2D eigenvalue weighted by atomic mass is 32.2. The van der Waals surface area contributed by atoms with E-state index in [0.29, 0.717) is 17.1 Å². The largest absolute Gasteiger partial charge is 0.461 e. The monoisotopic (exact) mass is 560 g/mol. The summed E-state index contributed by atoms with van der Waals surface area (Å²) in [6.45, 7) is 9.71. The summed E-state index contributed by atoms with van der Waals surface area (Å²) in [5.74, 6) is 0.00317. The second-order valence-electron chi connectivity index (χ2n) is 9.37. The molecule has 9 nitrogen and oxygen atoms in total. The molecular formula is C27H32N2O7S2. The molecule has 0 amide bonds. The van der Waals surface area contributed by atoms with Gasteiger partial charge in [-0.1, -0.05) is 25.1 Å². The summed E-state index contributed by atoms with van der Waals surface area (Å²) in [6.07, 6.45) is 6.43. The van der Waals surface area contributed by atoms with Crippen molar-refractivity contribution in [2.24, 2.45) is 10.9 Å². The molecule has 4 rings (SSSR count). The summed E-state index contributed by atoms with van der Waals surface area (Å²) in [6, 6.07) is 9.03. The Labute approximate surface area is 224 Å². The van der Waals surface area contributed by atoms with Crippen LogP contribution in [-0.2, 0) is 20.2 Å². The predicted octanol–water partition coefficient (Wildman–Crippen LogP) is 4.86. The maximum Gasteiger partial charge on any atom is 0.294 e. The molecule has 0 saturated carbocycles. The van der Waals surface area contributed by atoms with E-state index < -0.39 is 41.9 Å². The second-order valence-corrected chi connectivity index (χ2v) is 12.2. The zero-order valence-corrected chi connectivity index (χ0v) is 23.3. The first-order chi connectivity index (χ1) is 17.9. The van der Waals surface area contributed by atoms with Crippen molar-refractivity contribution in [3.8, 4) is 5.75 Å². The Morgan fingerprint density at radius 2 is 1.66 bits per heavy atom. The third kappa shape index (κ3) is 5.56. The number of hydrogen-bond donors (Lipinski definition) is 2. The highest BCUT2D eigenvalue weighted by Gasteiger charge is 2.39. The molecule has 3 atom stereocenters. The van der Waals surface area contributed by atoms with E-state index in [4.69, 9.17) is 9.73 Å². The summed E-state index contributed by atoms with van der Waals surface area (Å²) < 4.78 is 74.4. The highest BCUT2D eigenvalue weighted by Crippen LogP contribution is 2.49. The average Bonchev–Trinajstić information content (AvgIpc) is 2.86. The summed E-state index contributed by atoms with van der Waals surface area (Å²) in [7, 11) is -9.56. The van der Waals surface area contributed by atoms with Crippen LogP contribution in [0.15, 0.2) is 75.2 Å². The molecule has 0 spiro atoms. The van der Waals surface area contributed by atoms with E-state index >= 15 is 0 Å². The average molecular weight is 561 g/mol. The van der Waals surface area contributed by atoms with Crippen LogP contribution in [0.25, 0.3) is 0 Å². The molecule has 2 aromatic carbocycles. The summed E-state index contributed by atoms with van der Waals surface area (Å²) in [5.41, 5.74) is 2.52. The Morgan fingerprint density at radius 1 is 0.974 bits per heavy atom. The van der Waals surface area contributed by atoms with Crippen LogP contribution in [0.3, 0.4) is 0 Å². The standard InChI is InChI=1S/C27H32N2O7S2/c1-5-17(4)28-18-8-11-21-24(14-18)36-25-15-19(29(6-2)7-3)9-12-22(25)27(21)23-13-10-20(37(30,31)32)16-26(23)38(33,34)35/h8-17,21,27H,5-7H2,1-4H3,(H,30,31,32)(H,33,34,35). The van der Waals surface area contributed by atoms with E-state index in [-0.39, 0.29) is 11.6 Å². The van der Waals surface area contributed by atoms with Crippen molar-refractivity contribution in [1.82, 2.24) is 0 Å². The molecule has 0 radical (unpaired) electrons. The SMILES string of the molecule is CCC(C)N=C1C=CC2C(=C1)Oc1cc(N(CC)CC)ccc1C2c1ccc(S(=O)(=O)O)cc1S(=O)(=O)O. The fourth-order valence-electron chi connectivity index (χ4n) is 4.88. The van der Waals surface area contributed by atoms with E-state index in [0.717, 1.165) is 43.0 Å². The Kier molecular flexibility index (Phi) is 7.85. The van der Waals surface area contributed by atoms with E-state index in [2.05, 4.69) is 4.90 Å². The van der Waals surface area contributed by atoms with Crippen molar-refractivity contribution in [2.45, 2.75) is 55.9 Å². The van der Waals surface area contributed by atoms with E-state index in [9.17, 15) is 25.9 Å². The zero-order chi connectivity index (χ0) is 27.8. The van der Waals surface area contributed by atoms with Gasteiger partial charge in [0.05, 0.1) is 15.5 Å². The maximum absolute atomic E-state index is 12.5. The lowest BCUT2D eigenvalue weighted by Crippen LogP contribution is -2.28. The quantitative estimate of drug-likeness (QED) is 0.437. The van der Waals surface area contributed by atoms with Gasteiger partial charge >= 0.3 is 0 Å². The molecule has 2 aliphatic rings. The van der Waals surface area contributed by atoms with Gasteiger partial charge in [-0.25, -0.2) is 0 Å². The van der Waals surface area contributed by atoms with Gasteiger partial charge in [-0.05, 0) is 57.0 Å². The van der Waals surface area contributed by atoms with Gasteiger partial charge in [-0.15, -0.1) is 0 Å². The van der Waals surface area contributed by atoms with Crippen LogP contribution in [0.2, 0.25) is 0 Å². The molecule has 1 aliphatic heterocycles. The van der Waals surface area contributed by atoms with Crippen molar-refractivity contribution < 1.29 is 30.7 Å². The van der Waals surface area contributed by atoms with E-state index in [1.165, 1.54) is 6.07 Å². The normalized spacial score (nSPS) is 20.8. The van der Waals surface area contributed by atoms with Gasteiger partial charge in [0.25, 0.3) is 20.2 Å². The summed E-state index contributed by atoms with van der Waals surface area (Å²) >= 11 is 0. The molecule has 0 saturated heterocycles. The Bertz CT molecular complexity index is 1540. The van der Waals surface area contributed by atoms with Gasteiger partial charge in [0, 0.05) is 54.4 Å². The number of anilines is 1. The van der Waals surface area contributed by atoms with Crippen LogP contribution >= 0.6 is 0 Å². The lowest BCUT2D eigenvalue weighted by molar-refractivity contribution is 0.323. The molecule has 2 aromatic rings. The number of hydrogen-bond acceptors (Lipinski definition) is 7. The number of allylic oxidation sites excluding steroid dienone is 3. The van der Waals surface area contributed by atoms with Gasteiger partial charge in [0.1, 0.15) is 11.5 Å². The van der Waals surface area contributed by atoms with Gasteiger partial charge < -0.3 is 9.64 Å². The topological polar surface area (TPSA) is 134 Å². The molecule has 0 bridgehead atoms. The number of benzene rings is 2. The van der Waals surface area contributed by atoms with Crippen molar-refractivity contribution in [3.05, 3.63) is 71.5 Å². The predicted molar refractivity (Wildman–Crippen MR) is 146 cm³/mol. The zero-order valence-electron chi connectivity index (χ0n) is 21.7. The molecule has 204 valence electrons. The molecule has 11 heteroatoms. The molecule has 2 N–H and O–H groups in total. The maximum atomic E-state index is 12.5. The van der Waals surface area contributed by atoms with Gasteiger partial charge in [-0.2, -0.15) is 16.8 Å². The minimum atomic E-state index is -4.86. The van der Waals surface area contributed by atoms with Gasteiger partial charge in [0.15, 0.2) is 0 Å². The van der Waals surface area contributed by atoms with E-state index in [1.807, 2.05) is 64.1 Å². The van der Waals surface area contributed by atoms with Crippen LogP contribution < -0.4 is 9.64 Å². The van der Waals surface area contributed by atoms with Crippen LogP contribution in [-0.4, -0.2) is 50.8 Å². The first-order valence-electron chi connectivity index (χ1n) is 12.5. The minimum absolute atomic E-state index is 0.100. The van der Waals surface area contributed by atoms with Crippen molar-refractivity contribution in [3.63, 3.8) is 0 Å². The third-order valence-corrected chi connectivity index (χ3v) is 8.76. The lowest BCUT2D eigenvalue weighted by Gasteiger charge is -2.37. The molecule has 1 aliphatic carbocycles. The number of fused-ring (bicyclic) bond motifs is 2. The van der Waals surface area contributed by atoms with Crippen LogP contribution in [0, 0.1) is 5.92 Å². The smallest absolute Gasteiger partial charge is 0.294 e.